The van der Waals surface area contributed by atoms with E-state index in [1.165, 1.54) is 6.20 Å². The summed E-state index contributed by atoms with van der Waals surface area (Å²) in [6.07, 6.45) is 4.21. The van der Waals surface area contributed by atoms with Gasteiger partial charge in [0, 0.05) is 50.7 Å². The van der Waals surface area contributed by atoms with Gasteiger partial charge in [0.15, 0.2) is 5.78 Å². The Bertz CT molecular complexity index is 422. The molecule has 5 nitrogen and oxygen atoms in total. The van der Waals surface area contributed by atoms with Crippen LogP contribution in [0.3, 0.4) is 0 Å². The number of nitrogens with zero attached hydrogens (tertiary/aromatic N) is 1. The number of anilines is 1. The zero-order chi connectivity index (χ0) is 13.0. The number of pyridine rings is 1. The molecule has 0 radical (unpaired) electrons. The second-order valence-corrected chi connectivity index (χ2v) is 4.33. The summed E-state index contributed by atoms with van der Waals surface area (Å²) in [5.41, 5.74) is 5.92. The van der Waals surface area contributed by atoms with Gasteiger partial charge in [-0.05, 0) is 13.0 Å². The first kappa shape index (κ1) is 13.0. The van der Waals surface area contributed by atoms with Gasteiger partial charge in [0.25, 0.3) is 0 Å². The molecular formula is C13H18N2O3. The van der Waals surface area contributed by atoms with Crippen LogP contribution in [0.15, 0.2) is 18.5 Å². The molecule has 1 fully saturated rings. The van der Waals surface area contributed by atoms with Gasteiger partial charge in [0.05, 0.1) is 5.56 Å². The minimum Gasteiger partial charge on any atom is -0.398 e. The van der Waals surface area contributed by atoms with Gasteiger partial charge in [-0.25, -0.2) is 0 Å². The second kappa shape index (κ2) is 5.46. The smallest absolute Gasteiger partial charge is 0.198 e. The fourth-order valence-corrected chi connectivity index (χ4v) is 2.25. The summed E-state index contributed by atoms with van der Waals surface area (Å²) in [5.74, 6) is -0.0850. The lowest BCUT2D eigenvalue weighted by molar-refractivity contribution is -0.0821. The molecule has 0 atom stereocenters. The molecule has 0 amide bonds. The van der Waals surface area contributed by atoms with Crippen LogP contribution in [0.25, 0.3) is 0 Å². The Balaban J connectivity index is 2.31. The molecule has 2 N–H and O–H groups in total. The van der Waals surface area contributed by atoms with E-state index in [1.807, 2.05) is 6.92 Å². The van der Waals surface area contributed by atoms with Gasteiger partial charge < -0.3 is 15.2 Å². The molecule has 0 unspecified atom stereocenters. The van der Waals surface area contributed by atoms with Crippen molar-refractivity contribution < 1.29 is 14.3 Å². The highest BCUT2D eigenvalue weighted by Gasteiger charge is 2.41. The van der Waals surface area contributed by atoms with Crippen molar-refractivity contribution in [3.8, 4) is 0 Å². The molecule has 1 aromatic heterocycles. The number of carbonyl (C=O) groups excluding carboxylic acids is 1. The van der Waals surface area contributed by atoms with Gasteiger partial charge in [-0.1, -0.05) is 0 Å². The summed E-state index contributed by atoms with van der Waals surface area (Å²) in [4.78, 5) is 16.6. The molecule has 1 aliphatic rings. The molecular weight excluding hydrogens is 232 g/mol. The predicted octanol–water partition coefficient (Wildman–Crippen LogP) is 1.43. The van der Waals surface area contributed by atoms with Crippen LogP contribution in [0, 0.1) is 0 Å². The van der Waals surface area contributed by atoms with Crippen molar-refractivity contribution in [2.24, 2.45) is 0 Å². The highest BCUT2D eigenvalue weighted by molar-refractivity contribution is 6.06. The van der Waals surface area contributed by atoms with E-state index in [1.54, 1.807) is 12.3 Å². The Morgan fingerprint density at radius 3 is 2.89 bits per heavy atom. The van der Waals surface area contributed by atoms with Crippen molar-refractivity contribution in [1.29, 1.82) is 0 Å². The first-order valence-corrected chi connectivity index (χ1v) is 6.15. The van der Waals surface area contributed by atoms with Crippen molar-refractivity contribution in [2.45, 2.75) is 25.4 Å². The third-order valence-electron chi connectivity index (χ3n) is 3.23. The minimum atomic E-state index is -0.801. The first-order valence-electron chi connectivity index (χ1n) is 6.15. The van der Waals surface area contributed by atoms with E-state index in [-0.39, 0.29) is 5.78 Å². The van der Waals surface area contributed by atoms with Crippen LogP contribution in [0.4, 0.5) is 5.69 Å². The monoisotopic (exact) mass is 250 g/mol. The standard InChI is InChI=1S/C13H18N2O3/c1-2-18-13(4-7-17-8-5-13)12(16)10-9-15-6-3-11(10)14/h3,6,9H,2,4-5,7-8H2,1H3,(H2,14,15). The molecule has 0 bridgehead atoms. The summed E-state index contributed by atoms with van der Waals surface area (Å²) in [6, 6.07) is 1.63. The number of nitrogen functional groups attached to an aromatic ring is 1. The van der Waals surface area contributed by atoms with Gasteiger partial charge in [0.2, 0.25) is 0 Å². The number of carbonyl (C=O) groups is 1. The van der Waals surface area contributed by atoms with Gasteiger partial charge in [-0.2, -0.15) is 0 Å². The highest BCUT2D eigenvalue weighted by atomic mass is 16.5. The minimum absolute atomic E-state index is 0.0850. The largest absolute Gasteiger partial charge is 0.398 e. The highest BCUT2D eigenvalue weighted by Crippen LogP contribution is 2.30. The summed E-state index contributed by atoms with van der Waals surface area (Å²) in [5, 5.41) is 0. The quantitative estimate of drug-likeness (QED) is 0.818. The maximum atomic E-state index is 12.6. The van der Waals surface area contributed by atoms with Crippen LogP contribution in [0.2, 0.25) is 0 Å². The number of rotatable bonds is 4. The SMILES string of the molecule is CCOC1(C(=O)c2cnccc2N)CCOCC1. The Labute approximate surface area is 106 Å². The lowest BCUT2D eigenvalue weighted by Gasteiger charge is -2.35. The maximum absolute atomic E-state index is 12.6. The molecule has 98 valence electrons. The van der Waals surface area contributed by atoms with Crippen LogP contribution in [-0.2, 0) is 9.47 Å². The number of hydrogen-bond acceptors (Lipinski definition) is 5. The Morgan fingerprint density at radius 2 is 2.28 bits per heavy atom. The topological polar surface area (TPSA) is 74.4 Å². The van der Waals surface area contributed by atoms with E-state index >= 15 is 0 Å². The van der Waals surface area contributed by atoms with Crippen molar-refractivity contribution in [1.82, 2.24) is 4.98 Å². The lowest BCUT2D eigenvalue weighted by atomic mass is 9.85. The van der Waals surface area contributed by atoms with Crippen LogP contribution >= 0.6 is 0 Å². The summed E-state index contributed by atoms with van der Waals surface area (Å²) in [6.45, 7) is 3.45. The van der Waals surface area contributed by atoms with Crippen LogP contribution in [0.1, 0.15) is 30.1 Å². The van der Waals surface area contributed by atoms with Gasteiger partial charge in [-0.3, -0.25) is 9.78 Å². The molecule has 2 rings (SSSR count). The molecule has 1 saturated heterocycles. The van der Waals surface area contributed by atoms with Crippen LogP contribution in [0.5, 0.6) is 0 Å². The number of hydrogen-bond donors (Lipinski definition) is 1. The molecule has 0 saturated carbocycles. The van der Waals surface area contributed by atoms with E-state index in [4.69, 9.17) is 15.2 Å². The Kier molecular flexibility index (Phi) is 3.93. The predicted molar refractivity (Wildman–Crippen MR) is 67.4 cm³/mol. The van der Waals surface area contributed by atoms with Crippen molar-refractivity contribution >= 4 is 11.5 Å². The van der Waals surface area contributed by atoms with Crippen molar-refractivity contribution in [3.63, 3.8) is 0 Å². The van der Waals surface area contributed by atoms with Crippen LogP contribution in [-0.4, -0.2) is 36.2 Å². The Morgan fingerprint density at radius 1 is 1.56 bits per heavy atom. The number of Topliss-reactive ketones (excluding diaryl/α,β-unsaturated/α-hetero) is 1. The molecule has 2 heterocycles. The van der Waals surface area contributed by atoms with E-state index in [9.17, 15) is 4.79 Å². The summed E-state index contributed by atoms with van der Waals surface area (Å²) < 4.78 is 11.0. The molecule has 1 aliphatic heterocycles. The van der Waals surface area contributed by atoms with Crippen molar-refractivity contribution in [3.05, 3.63) is 24.0 Å². The number of aromatic nitrogens is 1. The number of ether oxygens (including phenoxy) is 2. The molecule has 0 aliphatic carbocycles. The maximum Gasteiger partial charge on any atom is 0.198 e. The zero-order valence-electron chi connectivity index (χ0n) is 10.5. The molecule has 0 spiro atoms. The number of ketones is 1. The molecule has 5 heteroatoms. The fourth-order valence-electron chi connectivity index (χ4n) is 2.25. The van der Waals surface area contributed by atoms with Crippen LogP contribution < -0.4 is 5.73 Å². The average Bonchev–Trinajstić information content (AvgIpc) is 2.40. The van der Waals surface area contributed by atoms with E-state index in [0.29, 0.717) is 43.9 Å². The zero-order valence-corrected chi connectivity index (χ0v) is 10.5. The second-order valence-electron chi connectivity index (χ2n) is 4.33. The summed E-state index contributed by atoms with van der Waals surface area (Å²) >= 11 is 0. The third kappa shape index (κ3) is 2.37. The van der Waals surface area contributed by atoms with Gasteiger partial charge in [0.1, 0.15) is 5.60 Å². The third-order valence-corrected chi connectivity index (χ3v) is 3.23. The molecule has 18 heavy (non-hydrogen) atoms. The van der Waals surface area contributed by atoms with E-state index in [2.05, 4.69) is 4.98 Å². The normalized spacial score (nSPS) is 18.5. The van der Waals surface area contributed by atoms with E-state index < -0.39 is 5.60 Å². The van der Waals surface area contributed by atoms with Crippen molar-refractivity contribution in [2.75, 3.05) is 25.6 Å². The Hall–Kier alpha value is -1.46. The average molecular weight is 250 g/mol. The molecule has 1 aromatic rings. The number of nitrogens with two attached hydrogens (primary N) is 1. The van der Waals surface area contributed by atoms with Gasteiger partial charge >= 0.3 is 0 Å². The summed E-state index contributed by atoms with van der Waals surface area (Å²) in [7, 11) is 0. The van der Waals surface area contributed by atoms with E-state index in [0.717, 1.165) is 0 Å². The fraction of sp³-hybridized carbons (Fsp3) is 0.538. The molecule has 0 aromatic carbocycles. The van der Waals surface area contributed by atoms with Gasteiger partial charge in [-0.15, -0.1) is 0 Å². The lowest BCUT2D eigenvalue weighted by Crippen LogP contribution is -2.46. The first-order chi connectivity index (χ1) is 8.69.